The fourth-order valence-electron chi connectivity index (χ4n) is 2.85. The number of ether oxygens (including phenoxy) is 1. The molecule has 0 aliphatic carbocycles. The van der Waals surface area contributed by atoms with Crippen molar-refractivity contribution in [2.75, 3.05) is 52.4 Å². The van der Waals surface area contributed by atoms with Crippen LogP contribution in [0.25, 0.3) is 0 Å². The Morgan fingerprint density at radius 3 is 2.10 bits per heavy atom. The van der Waals surface area contributed by atoms with Crippen molar-refractivity contribution in [1.82, 2.24) is 13.5 Å². The number of nitrogens with zero attached hydrogens (tertiary/aromatic N) is 3. The maximum Gasteiger partial charge on any atom is 0.282 e. The molecule has 7 nitrogen and oxygen atoms in total. The van der Waals surface area contributed by atoms with Gasteiger partial charge in [0.25, 0.3) is 10.2 Å². The highest BCUT2D eigenvalue weighted by Gasteiger charge is 2.36. The second kappa shape index (κ2) is 6.67. The lowest BCUT2D eigenvalue weighted by Gasteiger charge is -2.40. The monoisotopic (exact) mass is 306 g/mol. The van der Waals surface area contributed by atoms with Gasteiger partial charge in [0.15, 0.2) is 0 Å². The van der Waals surface area contributed by atoms with Crippen LogP contribution in [0.1, 0.15) is 13.8 Å². The first-order valence-electron chi connectivity index (χ1n) is 7.26. The predicted octanol–water partition coefficient (Wildman–Crippen LogP) is -1.08. The topological polar surface area (TPSA) is 79.1 Å². The third-order valence-corrected chi connectivity index (χ3v) is 5.78. The van der Waals surface area contributed by atoms with Gasteiger partial charge < -0.3 is 10.5 Å². The van der Waals surface area contributed by atoms with Gasteiger partial charge in [-0.25, -0.2) is 0 Å². The smallest absolute Gasteiger partial charge is 0.282 e. The molecule has 20 heavy (non-hydrogen) atoms. The molecule has 2 heterocycles. The summed E-state index contributed by atoms with van der Waals surface area (Å²) >= 11 is 0. The lowest BCUT2D eigenvalue weighted by molar-refractivity contribution is -0.0457. The normalized spacial score (nSPS) is 31.6. The van der Waals surface area contributed by atoms with Crippen molar-refractivity contribution in [2.45, 2.75) is 26.1 Å². The van der Waals surface area contributed by atoms with E-state index in [9.17, 15) is 8.42 Å². The first-order valence-corrected chi connectivity index (χ1v) is 8.66. The van der Waals surface area contributed by atoms with E-state index in [1.807, 2.05) is 13.8 Å². The third kappa shape index (κ3) is 3.69. The average Bonchev–Trinajstić information content (AvgIpc) is 2.38. The molecular formula is C12H26N4O3S. The molecule has 2 aliphatic heterocycles. The summed E-state index contributed by atoms with van der Waals surface area (Å²) in [5.41, 5.74) is 5.53. The molecule has 0 aromatic heterocycles. The van der Waals surface area contributed by atoms with Crippen LogP contribution >= 0.6 is 0 Å². The summed E-state index contributed by atoms with van der Waals surface area (Å²) in [6, 6.07) is 0. The molecule has 2 fully saturated rings. The second-order valence-electron chi connectivity index (χ2n) is 5.61. The highest BCUT2D eigenvalue weighted by Crippen LogP contribution is 2.18. The van der Waals surface area contributed by atoms with Crippen LogP contribution in [-0.2, 0) is 14.9 Å². The Bertz CT molecular complexity index is 399. The fraction of sp³-hybridized carbons (Fsp3) is 1.00. The molecular weight excluding hydrogens is 280 g/mol. The van der Waals surface area contributed by atoms with Gasteiger partial charge in [0.05, 0.1) is 12.2 Å². The SMILES string of the molecule is CC1CN(S(=O)(=O)N2CCN(CCN)CC2)CC(C)O1. The van der Waals surface area contributed by atoms with E-state index >= 15 is 0 Å². The van der Waals surface area contributed by atoms with Gasteiger partial charge in [0.2, 0.25) is 0 Å². The number of nitrogens with two attached hydrogens (primary N) is 1. The number of rotatable bonds is 4. The Morgan fingerprint density at radius 1 is 1.05 bits per heavy atom. The van der Waals surface area contributed by atoms with E-state index < -0.39 is 10.2 Å². The minimum Gasteiger partial charge on any atom is -0.373 e. The molecule has 8 heteroatoms. The number of morpholine rings is 1. The highest BCUT2D eigenvalue weighted by atomic mass is 32.2. The molecule has 0 aromatic rings. The lowest BCUT2D eigenvalue weighted by Crippen LogP contribution is -2.57. The Balaban J connectivity index is 1.97. The van der Waals surface area contributed by atoms with E-state index in [2.05, 4.69) is 4.90 Å². The Kier molecular flexibility index (Phi) is 5.38. The molecule has 2 unspecified atom stereocenters. The average molecular weight is 306 g/mol. The van der Waals surface area contributed by atoms with Gasteiger partial charge in [-0.3, -0.25) is 4.90 Å². The van der Waals surface area contributed by atoms with Gasteiger partial charge in [-0.2, -0.15) is 17.0 Å². The van der Waals surface area contributed by atoms with Gasteiger partial charge in [0, 0.05) is 52.4 Å². The Labute approximate surface area is 121 Å². The van der Waals surface area contributed by atoms with Gasteiger partial charge in [0.1, 0.15) is 0 Å². The zero-order valence-corrected chi connectivity index (χ0v) is 13.2. The standard InChI is InChI=1S/C12H26N4O3S/c1-11-9-16(10-12(2)19-11)20(17,18)15-7-5-14(4-3-13)6-8-15/h11-12H,3-10,13H2,1-2H3. The van der Waals surface area contributed by atoms with Crippen LogP contribution in [0.3, 0.4) is 0 Å². The zero-order valence-electron chi connectivity index (χ0n) is 12.4. The van der Waals surface area contributed by atoms with Crippen molar-refractivity contribution in [3.8, 4) is 0 Å². The quantitative estimate of drug-likeness (QED) is 0.714. The van der Waals surface area contributed by atoms with E-state index in [4.69, 9.17) is 10.5 Å². The first-order chi connectivity index (χ1) is 9.43. The molecule has 2 rings (SSSR count). The summed E-state index contributed by atoms with van der Waals surface area (Å²) in [4.78, 5) is 2.20. The van der Waals surface area contributed by atoms with Crippen molar-refractivity contribution in [3.63, 3.8) is 0 Å². The van der Waals surface area contributed by atoms with E-state index in [-0.39, 0.29) is 12.2 Å². The maximum atomic E-state index is 12.6. The fourth-order valence-corrected chi connectivity index (χ4v) is 4.60. The molecule has 0 amide bonds. The molecule has 2 atom stereocenters. The first kappa shape index (κ1) is 16.1. The van der Waals surface area contributed by atoms with Gasteiger partial charge in [-0.05, 0) is 13.8 Å². The summed E-state index contributed by atoms with van der Waals surface area (Å²) in [5, 5.41) is 0. The van der Waals surface area contributed by atoms with Crippen molar-refractivity contribution >= 4 is 10.2 Å². The molecule has 2 aliphatic rings. The van der Waals surface area contributed by atoms with Crippen LogP contribution in [0.5, 0.6) is 0 Å². The van der Waals surface area contributed by atoms with E-state index in [0.29, 0.717) is 32.7 Å². The Morgan fingerprint density at radius 2 is 1.60 bits per heavy atom. The summed E-state index contributed by atoms with van der Waals surface area (Å²) in [5.74, 6) is 0. The Hall–Kier alpha value is -0.250. The molecule has 0 spiro atoms. The van der Waals surface area contributed by atoms with Gasteiger partial charge >= 0.3 is 0 Å². The second-order valence-corrected chi connectivity index (χ2v) is 7.54. The minimum atomic E-state index is -3.36. The zero-order chi connectivity index (χ0) is 14.8. The number of hydrogen-bond donors (Lipinski definition) is 1. The molecule has 2 N–H and O–H groups in total. The van der Waals surface area contributed by atoms with E-state index in [1.54, 1.807) is 8.61 Å². The van der Waals surface area contributed by atoms with Crippen molar-refractivity contribution < 1.29 is 13.2 Å². The maximum absolute atomic E-state index is 12.6. The summed E-state index contributed by atoms with van der Waals surface area (Å²) in [6.07, 6.45) is -0.0980. The summed E-state index contributed by atoms with van der Waals surface area (Å²) in [7, 11) is -3.36. The predicted molar refractivity (Wildman–Crippen MR) is 77.6 cm³/mol. The van der Waals surface area contributed by atoms with Crippen LogP contribution < -0.4 is 5.73 Å². The summed E-state index contributed by atoms with van der Waals surface area (Å²) in [6.45, 7) is 8.76. The van der Waals surface area contributed by atoms with Gasteiger partial charge in [-0.15, -0.1) is 0 Å². The largest absolute Gasteiger partial charge is 0.373 e. The molecule has 2 saturated heterocycles. The number of piperazine rings is 1. The minimum absolute atomic E-state index is 0.0490. The van der Waals surface area contributed by atoms with Crippen molar-refractivity contribution in [1.29, 1.82) is 0 Å². The lowest BCUT2D eigenvalue weighted by atomic mass is 10.3. The van der Waals surface area contributed by atoms with Crippen LogP contribution in [0.4, 0.5) is 0 Å². The molecule has 118 valence electrons. The summed E-state index contributed by atoms with van der Waals surface area (Å²) < 4.78 is 34.0. The third-order valence-electron chi connectivity index (χ3n) is 3.82. The van der Waals surface area contributed by atoms with Crippen LogP contribution in [0.2, 0.25) is 0 Å². The van der Waals surface area contributed by atoms with Crippen LogP contribution in [0.15, 0.2) is 0 Å². The molecule has 0 radical (unpaired) electrons. The van der Waals surface area contributed by atoms with Crippen LogP contribution in [0, 0.1) is 0 Å². The van der Waals surface area contributed by atoms with Crippen LogP contribution in [-0.4, -0.2) is 86.5 Å². The van der Waals surface area contributed by atoms with Gasteiger partial charge in [-0.1, -0.05) is 0 Å². The van der Waals surface area contributed by atoms with E-state index in [1.165, 1.54) is 0 Å². The molecule has 0 bridgehead atoms. The molecule has 0 aromatic carbocycles. The van der Waals surface area contributed by atoms with Crippen molar-refractivity contribution in [2.24, 2.45) is 5.73 Å². The van der Waals surface area contributed by atoms with E-state index in [0.717, 1.165) is 19.6 Å². The number of hydrogen-bond acceptors (Lipinski definition) is 5. The molecule has 0 saturated carbocycles. The highest BCUT2D eigenvalue weighted by molar-refractivity contribution is 7.86. The van der Waals surface area contributed by atoms with Crippen molar-refractivity contribution in [3.05, 3.63) is 0 Å².